The Hall–Kier alpha value is 0.270. The summed E-state index contributed by atoms with van der Waals surface area (Å²) in [5.74, 6) is 1.37. The molecule has 0 saturated carbocycles. The van der Waals surface area contributed by atoms with Gasteiger partial charge in [-0.3, -0.25) is 0 Å². The van der Waals surface area contributed by atoms with Crippen molar-refractivity contribution in [1.82, 2.24) is 5.48 Å². The van der Waals surface area contributed by atoms with Crippen LogP contribution in [0.3, 0.4) is 0 Å². The lowest BCUT2D eigenvalue weighted by Gasteiger charge is -2.20. The van der Waals surface area contributed by atoms with E-state index in [0.29, 0.717) is 0 Å². The summed E-state index contributed by atoms with van der Waals surface area (Å²) in [4.78, 5) is 5.07. The first kappa shape index (κ1) is 10.4. The van der Waals surface area contributed by atoms with E-state index in [4.69, 9.17) is 4.84 Å². The summed E-state index contributed by atoms with van der Waals surface area (Å²) in [6.45, 7) is 0.855. The Morgan fingerprint density at radius 1 is 1.50 bits per heavy atom. The molecule has 0 bridgehead atoms. The molecular weight excluding hydrogens is 170 g/mol. The third-order valence-corrected chi connectivity index (χ3v) is 3.66. The second kappa shape index (κ2) is 6.75. The number of thioether (sulfide) groups is 1. The lowest BCUT2D eigenvalue weighted by Crippen LogP contribution is -2.13. The Kier molecular flexibility index (Phi) is 5.82. The van der Waals surface area contributed by atoms with E-state index >= 15 is 0 Å². The summed E-state index contributed by atoms with van der Waals surface area (Å²) < 4.78 is 0. The number of nitrogens with one attached hydrogen (secondary N) is 1. The fraction of sp³-hybridized carbons (Fsp3) is 1.00. The van der Waals surface area contributed by atoms with Crippen molar-refractivity contribution >= 4 is 11.8 Å². The SMILES string of the molecule is CNOCCCC1CCCCS1. The van der Waals surface area contributed by atoms with Crippen molar-refractivity contribution < 1.29 is 4.84 Å². The first-order valence-corrected chi connectivity index (χ1v) is 5.88. The minimum Gasteiger partial charge on any atom is -0.302 e. The van der Waals surface area contributed by atoms with Crippen LogP contribution in [-0.2, 0) is 4.84 Å². The van der Waals surface area contributed by atoms with Crippen LogP contribution in [-0.4, -0.2) is 24.7 Å². The van der Waals surface area contributed by atoms with E-state index in [0.717, 1.165) is 11.9 Å². The van der Waals surface area contributed by atoms with Crippen molar-refractivity contribution in [2.24, 2.45) is 0 Å². The van der Waals surface area contributed by atoms with Gasteiger partial charge in [0.05, 0.1) is 6.61 Å². The van der Waals surface area contributed by atoms with E-state index in [1.165, 1.54) is 37.9 Å². The Bertz CT molecular complexity index is 105. The highest BCUT2D eigenvalue weighted by atomic mass is 32.2. The number of rotatable bonds is 5. The molecule has 1 aliphatic rings. The second-order valence-corrected chi connectivity index (χ2v) is 4.59. The molecule has 1 saturated heterocycles. The summed E-state index contributed by atoms with van der Waals surface area (Å²) in [5, 5.41) is 0.916. The largest absolute Gasteiger partial charge is 0.302 e. The van der Waals surface area contributed by atoms with Crippen LogP contribution in [0.15, 0.2) is 0 Å². The standard InChI is InChI=1S/C9H19NOS/c1-10-11-7-4-6-9-5-2-3-8-12-9/h9-10H,2-8H2,1H3. The normalized spacial score (nSPS) is 24.2. The van der Waals surface area contributed by atoms with Crippen LogP contribution in [0.4, 0.5) is 0 Å². The highest BCUT2D eigenvalue weighted by molar-refractivity contribution is 7.99. The van der Waals surface area contributed by atoms with Crippen LogP contribution in [0.2, 0.25) is 0 Å². The smallest absolute Gasteiger partial charge is 0.0682 e. The summed E-state index contributed by atoms with van der Waals surface area (Å²) in [6.07, 6.45) is 6.80. The van der Waals surface area contributed by atoms with Gasteiger partial charge in [0.1, 0.15) is 0 Å². The zero-order chi connectivity index (χ0) is 8.65. The number of hydroxylamine groups is 1. The molecule has 0 spiro atoms. The Morgan fingerprint density at radius 3 is 3.08 bits per heavy atom. The molecule has 1 heterocycles. The molecular formula is C9H19NOS. The third kappa shape index (κ3) is 4.33. The van der Waals surface area contributed by atoms with E-state index in [1.54, 1.807) is 0 Å². The van der Waals surface area contributed by atoms with Crippen LogP contribution in [0.5, 0.6) is 0 Å². The maximum Gasteiger partial charge on any atom is 0.0682 e. The first-order chi connectivity index (χ1) is 5.93. The highest BCUT2D eigenvalue weighted by Gasteiger charge is 2.12. The maximum atomic E-state index is 5.07. The maximum absolute atomic E-state index is 5.07. The molecule has 0 aromatic rings. The Morgan fingerprint density at radius 2 is 2.42 bits per heavy atom. The van der Waals surface area contributed by atoms with Crippen molar-refractivity contribution in [3.8, 4) is 0 Å². The van der Waals surface area contributed by atoms with Gasteiger partial charge >= 0.3 is 0 Å². The van der Waals surface area contributed by atoms with E-state index in [1.807, 2.05) is 7.05 Å². The molecule has 0 amide bonds. The van der Waals surface area contributed by atoms with Crippen LogP contribution >= 0.6 is 11.8 Å². The van der Waals surface area contributed by atoms with Gasteiger partial charge in [0.25, 0.3) is 0 Å². The molecule has 1 aliphatic heterocycles. The predicted molar refractivity (Wildman–Crippen MR) is 54.3 cm³/mol. The average Bonchev–Trinajstić information content (AvgIpc) is 2.14. The number of hydrogen-bond acceptors (Lipinski definition) is 3. The van der Waals surface area contributed by atoms with E-state index in [2.05, 4.69) is 17.2 Å². The van der Waals surface area contributed by atoms with Gasteiger partial charge in [-0.05, 0) is 31.4 Å². The van der Waals surface area contributed by atoms with Crippen LogP contribution in [0, 0.1) is 0 Å². The van der Waals surface area contributed by atoms with Crippen LogP contribution in [0.25, 0.3) is 0 Å². The molecule has 0 aromatic heterocycles. The fourth-order valence-electron chi connectivity index (χ4n) is 1.52. The van der Waals surface area contributed by atoms with Gasteiger partial charge in [0.2, 0.25) is 0 Å². The van der Waals surface area contributed by atoms with Crippen molar-refractivity contribution in [2.75, 3.05) is 19.4 Å². The lowest BCUT2D eigenvalue weighted by molar-refractivity contribution is 0.0552. The second-order valence-electron chi connectivity index (χ2n) is 3.18. The summed E-state index contributed by atoms with van der Waals surface area (Å²) in [7, 11) is 1.81. The van der Waals surface area contributed by atoms with Gasteiger partial charge in [-0.15, -0.1) is 0 Å². The Balaban J connectivity index is 1.91. The van der Waals surface area contributed by atoms with E-state index < -0.39 is 0 Å². The van der Waals surface area contributed by atoms with Crippen molar-refractivity contribution in [3.63, 3.8) is 0 Å². The van der Waals surface area contributed by atoms with Gasteiger partial charge in [-0.25, -0.2) is 5.48 Å². The topological polar surface area (TPSA) is 21.3 Å². The molecule has 1 N–H and O–H groups in total. The molecule has 1 unspecified atom stereocenters. The molecule has 1 rings (SSSR count). The zero-order valence-electron chi connectivity index (χ0n) is 7.84. The summed E-state index contributed by atoms with van der Waals surface area (Å²) in [5.41, 5.74) is 2.70. The highest BCUT2D eigenvalue weighted by Crippen LogP contribution is 2.28. The average molecular weight is 189 g/mol. The Labute approximate surface area is 79.4 Å². The molecule has 72 valence electrons. The lowest BCUT2D eigenvalue weighted by atomic mass is 10.1. The number of hydrogen-bond donors (Lipinski definition) is 1. The fourth-order valence-corrected chi connectivity index (χ4v) is 2.89. The predicted octanol–water partition coefficient (Wildman–Crippen LogP) is 2.20. The minimum absolute atomic E-state index is 0.855. The molecule has 3 heteroatoms. The molecule has 12 heavy (non-hydrogen) atoms. The van der Waals surface area contributed by atoms with Crippen molar-refractivity contribution in [2.45, 2.75) is 37.4 Å². The molecule has 0 radical (unpaired) electrons. The van der Waals surface area contributed by atoms with E-state index in [9.17, 15) is 0 Å². The molecule has 2 nitrogen and oxygen atoms in total. The third-order valence-electron chi connectivity index (χ3n) is 2.19. The van der Waals surface area contributed by atoms with Crippen molar-refractivity contribution in [1.29, 1.82) is 0 Å². The van der Waals surface area contributed by atoms with E-state index in [-0.39, 0.29) is 0 Å². The summed E-state index contributed by atoms with van der Waals surface area (Å²) in [6, 6.07) is 0. The van der Waals surface area contributed by atoms with Gasteiger partial charge in [-0.1, -0.05) is 6.42 Å². The molecule has 0 aliphatic carbocycles. The van der Waals surface area contributed by atoms with Crippen molar-refractivity contribution in [3.05, 3.63) is 0 Å². The molecule has 1 atom stereocenters. The molecule has 0 aromatic carbocycles. The summed E-state index contributed by atoms with van der Waals surface area (Å²) >= 11 is 2.15. The van der Waals surface area contributed by atoms with Crippen LogP contribution in [0.1, 0.15) is 32.1 Å². The van der Waals surface area contributed by atoms with Gasteiger partial charge in [0, 0.05) is 12.3 Å². The zero-order valence-corrected chi connectivity index (χ0v) is 8.66. The monoisotopic (exact) mass is 189 g/mol. The molecule has 1 fully saturated rings. The van der Waals surface area contributed by atoms with Gasteiger partial charge < -0.3 is 4.84 Å². The van der Waals surface area contributed by atoms with Gasteiger partial charge in [0.15, 0.2) is 0 Å². The van der Waals surface area contributed by atoms with Gasteiger partial charge in [-0.2, -0.15) is 11.8 Å². The minimum atomic E-state index is 0.855. The van der Waals surface area contributed by atoms with Crippen LogP contribution < -0.4 is 5.48 Å². The first-order valence-electron chi connectivity index (χ1n) is 4.83. The quantitative estimate of drug-likeness (QED) is 0.529.